The van der Waals surface area contributed by atoms with Crippen LogP contribution in [-0.2, 0) is 9.53 Å². The molecule has 76 valence electrons. The van der Waals surface area contributed by atoms with Gasteiger partial charge in [0.2, 0.25) is 5.91 Å². The summed E-state index contributed by atoms with van der Waals surface area (Å²) in [6.45, 7) is 7.69. The van der Waals surface area contributed by atoms with Crippen molar-refractivity contribution in [1.82, 2.24) is 10.6 Å². The summed E-state index contributed by atoms with van der Waals surface area (Å²) in [6, 6.07) is 0. The first-order valence-electron chi connectivity index (χ1n) is 4.41. The number of nitrogens with one attached hydrogen (secondary N) is 2. The summed E-state index contributed by atoms with van der Waals surface area (Å²) in [5.74, 6) is 0.00443. The van der Waals surface area contributed by atoms with E-state index in [4.69, 9.17) is 4.74 Å². The summed E-state index contributed by atoms with van der Waals surface area (Å²) in [7, 11) is 0. The minimum atomic E-state index is 0.00443. The van der Waals surface area contributed by atoms with Crippen molar-refractivity contribution in [3.05, 3.63) is 12.7 Å². The fourth-order valence-electron chi connectivity index (χ4n) is 0.744. The van der Waals surface area contributed by atoms with Crippen LogP contribution in [0.1, 0.15) is 13.3 Å². The number of hydrogen-bond donors (Lipinski definition) is 2. The van der Waals surface area contributed by atoms with Gasteiger partial charge in [-0.3, -0.25) is 10.1 Å². The van der Waals surface area contributed by atoms with E-state index in [2.05, 4.69) is 17.2 Å². The van der Waals surface area contributed by atoms with E-state index in [0.29, 0.717) is 19.9 Å². The van der Waals surface area contributed by atoms with Gasteiger partial charge in [0.15, 0.2) is 0 Å². The Kier molecular flexibility index (Phi) is 8.60. The van der Waals surface area contributed by atoms with Gasteiger partial charge in [-0.15, -0.1) is 6.58 Å². The monoisotopic (exact) mass is 186 g/mol. The molecule has 0 radical (unpaired) electrons. The van der Waals surface area contributed by atoms with Gasteiger partial charge in [-0.2, -0.15) is 0 Å². The van der Waals surface area contributed by atoms with Gasteiger partial charge in [-0.1, -0.05) is 6.08 Å². The Morgan fingerprint density at radius 2 is 2.38 bits per heavy atom. The van der Waals surface area contributed by atoms with Gasteiger partial charge in [0.25, 0.3) is 0 Å². The van der Waals surface area contributed by atoms with Crippen molar-refractivity contribution in [3.63, 3.8) is 0 Å². The predicted octanol–water partition coefficient (Wildman–Crippen LogP) is 0.262. The second-order valence-corrected chi connectivity index (χ2v) is 2.63. The molecule has 0 spiro atoms. The average Bonchev–Trinajstić information content (AvgIpc) is 2.09. The van der Waals surface area contributed by atoms with E-state index >= 15 is 0 Å². The Morgan fingerprint density at radius 3 is 3.00 bits per heavy atom. The highest BCUT2D eigenvalue weighted by atomic mass is 16.5. The molecule has 0 aromatic heterocycles. The number of carbonyl (C=O) groups is 1. The molecular formula is C9H18N2O2. The fraction of sp³-hybridized carbons (Fsp3) is 0.667. The van der Waals surface area contributed by atoms with E-state index in [9.17, 15) is 4.79 Å². The summed E-state index contributed by atoms with van der Waals surface area (Å²) in [6.07, 6.45) is 2.62. The molecule has 0 fully saturated rings. The zero-order chi connectivity index (χ0) is 9.94. The lowest BCUT2D eigenvalue weighted by Crippen LogP contribution is -2.23. The molecule has 1 amide bonds. The fourth-order valence-corrected chi connectivity index (χ4v) is 0.744. The van der Waals surface area contributed by atoms with Gasteiger partial charge in [0.1, 0.15) is 0 Å². The van der Waals surface area contributed by atoms with Crippen LogP contribution >= 0.6 is 0 Å². The van der Waals surface area contributed by atoms with Crippen molar-refractivity contribution >= 4 is 5.91 Å². The lowest BCUT2D eigenvalue weighted by atomic mass is 10.4. The SMILES string of the molecule is C=CCNCOCCCNC(C)=O. The summed E-state index contributed by atoms with van der Waals surface area (Å²) in [4.78, 5) is 10.4. The highest BCUT2D eigenvalue weighted by Crippen LogP contribution is 1.79. The van der Waals surface area contributed by atoms with Crippen LogP contribution in [0.15, 0.2) is 12.7 Å². The van der Waals surface area contributed by atoms with Crippen LogP contribution in [0.5, 0.6) is 0 Å². The van der Waals surface area contributed by atoms with Gasteiger partial charge < -0.3 is 10.1 Å². The Hall–Kier alpha value is -0.870. The van der Waals surface area contributed by atoms with Crippen molar-refractivity contribution < 1.29 is 9.53 Å². The van der Waals surface area contributed by atoms with E-state index in [-0.39, 0.29) is 5.91 Å². The molecule has 4 nitrogen and oxygen atoms in total. The molecule has 0 aliphatic rings. The number of amides is 1. The molecule has 0 aliphatic heterocycles. The van der Waals surface area contributed by atoms with E-state index in [1.165, 1.54) is 6.92 Å². The number of rotatable bonds is 8. The maximum atomic E-state index is 10.4. The molecule has 0 aromatic carbocycles. The first-order valence-corrected chi connectivity index (χ1v) is 4.41. The predicted molar refractivity (Wildman–Crippen MR) is 52.3 cm³/mol. The van der Waals surface area contributed by atoms with E-state index in [1.54, 1.807) is 6.08 Å². The third-order valence-electron chi connectivity index (χ3n) is 1.33. The Morgan fingerprint density at radius 1 is 1.62 bits per heavy atom. The molecule has 0 saturated heterocycles. The molecule has 0 saturated carbocycles. The van der Waals surface area contributed by atoms with Gasteiger partial charge in [-0.05, 0) is 6.42 Å². The minimum absolute atomic E-state index is 0.00443. The summed E-state index contributed by atoms with van der Waals surface area (Å²) in [5.41, 5.74) is 0. The highest BCUT2D eigenvalue weighted by Gasteiger charge is 1.90. The Bertz CT molecular complexity index is 149. The van der Waals surface area contributed by atoms with Crippen LogP contribution in [0.2, 0.25) is 0 Å². The standard InChI is InChI=1S/C9H18N2O2/c1-3-5-10-8-13-7-4-6-11-9(2)12/h3,10H,1,4-8H2,2H3,(H,11,12). The first kappa shape index (κ1) is 12.1. The molecule has 0 aliphatic carbocycles. The van der Waals surface area contributed by atoms with Crippen molar-refractivity contribution in [2.24, 2.45) is 0 Å². The normalized spacial score (nSPS) is 9.62. The molecule has 0 bridgehead atoms. The Balaban J connectivity index is 2.91. The number of hydrogen-bond acceptors (Lipinski definition) is 3. The second kappa shape index (κ2) is 9.22. The molecule has 0 atom stereocenters. The highest BCUT2D eigenvalue weighted by molar-refractivity contribution is 5.72. The van der Waals surface area contributed by atoms with Crippen LogP contribution in [0.3, 0.4) is 0 Å². The molecular weight excluding hydrogens is 168 g/mol. The van der Waals surface area contributed by atoms with Crippen LogP contribution in [0.4, 0.5) is 0 Å². The van der Waals surface area contributed by atoms with Gasteiger partial charge in [0.05, 0.1) is 13.3 Å². The zero-order valence-corrected chi connectivity index (χ0v) is 8.14. The summed E-state index contributed by atoms with van der Waals surface area (Å²) >= 11 is 0. The third kappa shape index (κ3) is 11.1. The van der Waals surface area contributed by atoms with Crippen molar-refractivity contribution in [1.29, 1.82) is 0 Å². The van der Waals surface area contributed by atoms with Crippen LogP contribution in [0.25, 0.3) is 0 Å². The summed E-state index contributed by atoms with van der Waals surface area (Å²) < 4.78 is 5.21. The molecule has 0 rings (SSSR count). The molecule has 0 unspecified atom stereocenters. The van der Waals surface area contributed by atoms with E-state index in [0.717, 1.165) is 13.0 Å². The maximum Gasteiger partial charge on any atom is 0.216 e. The molecule has 0 aromatic rings. The summed E-state index contributed by atoms with van der Waals surface area (Å²) in [5, 5.41) is 5.70. The second-order valence-electron chi connectivity index (χ2n) is 2.63. The lowest BCUT2D eigenvalue weighted by Gasteiger charge is -2.04. The number of carbonyl (C=O) groups excluding carboxylic acids is 1. The molecule has 0 heterocycles. The topological polar surface area (TPSA) is 50.4 Å². The quantitative estimate of drug-likeness (QED) is 0.325. The lowest BCUT2D eigenvalue weighted by molar-refractivity contribution is -0.119. The molecule has 13 heavy (non-hydrogen) atoms. The van der Waals surface area contributed by atoms with Crippen LogP contribution in [-0.4, -0.2) is 32.3 Å². The van der Waals surface area contributed by atoms with Crippen LogP contribution < -0.4 is 10.6 Å². The minimum Gasteiger partial charge on any atom is -0.366 e. The maximum absolute atomic E-state index is 10.4. The van der Waals surface area contributed by atoms with Gasteiger partial charge >= 0.3 is 0 Å². The van der Waals surface area contributed by atoms with E-state index < -0.39 is 0 Å². The van der Waals surface area contributed by atoms with E-state index in [1.807, 2.05) is 0 Å². The third-order valence-corrected chi connectivity index (χ3v) is 1.33. The smallest absolute Gasteiger partial charge is 0.216 e. The van der Waals surface area contributed by atoms with Crippen LogP contribution in [0, 0.1) is 0 Å². The van der Waals surface area contributed by atoms with Crippen molar-refractivity contribution in [2.45, 2.75) is 13.3 Å². The Labute approximate surface area is 79.3 Å². The number of ether oxygens (including phenoxy) is 1. The first-order chi connectivity index (χ1) is 6.27. The molecule has 2 N–H and O–H groups in total. The van der Waals surface area contributed by atoms with Crippen molar-refractivity contribution in [2.75, 3.05) is 26.4 Å². The van der Waals surface area contributed by atoms with Gasteiger partial charge in [-0.25, -0.2) is 0 Å². The average molecular weight is 186 g/mol. The van der Waals surface area contributed by atoms with Crippen molar-refractivity contribution in [3.8, 4) is 0 Å². The largest absolute Gasteiger partial charge is 0.366 e. The molecule has 4 heteroatoms. The zero-order valence-electron chi connectivity index (χ0n) is 8.14. The van der Waals surface area contributed by atoms with Gasteiger partial charge in [0, 0.05) is 20.0 Å².